The van der Waals surface area contributed by atoms with Crippen LogP contribution in [0.2, 0.25) is 0 Å². The highest BCUT2D eigenvalue weighted by molar-refractivity contribution is 5.96. The molecule has 1 aliphatic rings. The summed E-state index contributed by atoms with van der Waals surface area (Å²) in [5.74, 6) is -5.03. The molecule has 7 heteroatoms. The third kappa shape index (κ3) is 2.44. The van der Waals surface area contributed by atoms with Crippen molar-refractivity contribution in [1.82, 2.24) is 4.90 Å². The quantitative estimate of drug-likeness (QED) is 0.777. The lowest BCUT2D eigenvalue weighted by atomic mass is 9.87. The molecule has 0 radical (unpaired) electrons. The minimum Gasteiger partial charge on any atom is -0.481 e. The van der Waals surface area contributed by atoms with Gasteiger partial charge in [0.05, 0.1) is 5.92 Å². The van der Waals surface area contributed by atoms with Crippen molar-refractivity contribution in [1.29, 1.82) is 0 Å². The minimum atomic E-state index is -4.38. The normalized spacial score (nSPS) is 25.0. The number of likely N-dealkylation sites (tertiary alicyclic amines) is 1. The maximum atomic E-state index is 12.8. The van der Waals surface area contributed by atoms with Crippen LogP contribution in [0.4, 0.5) is 13.2 Å². The SMILES string of the molecule is CC(C(=O)O)C(=O)N1CCC(C(F)(F)F)C1(C)C. The van der Waals surface area contributed by atoms with Crippen LogP contribution in [0, 0.1) is 11.8 Å². The van der Waals surface area contributed by atoms with Crippen molar-refractivity contribution in [3.8, 4) is 0 Å². The number of carbonyl (C=O) groups is 2. The predicted molar refractivity (Wildman–Crippen MR) is 56.8 cm³/mol. The van der Waals surface area contributed by atoms with Gasteiger partial charge in [0.15, 0.2) is 0 Å². The molecule has 1 amide bonds. The second kappa shape index (κ2) is 4.44. The van der Waals surface area contributed by atoms with Gasteiger partial charge in [-0.3, -0.25) is 9.59 Å². The van der Waals surface area contributed by atoms with Gasteiger partial charge < -0.3 is 10.0 Å². The number of alkyl halides is 3. The van der Waals surface area contributed by atoms with Crippen LogP contribution in [0.3, 0.4) is 0 Å². The van der Waals surface area contributed by atoms with E-state index in [0.29, 0.717) is 0 Å². The molecule has 2 unspecified atom stereocenters. The predicted octanol–water partition coefficient (Wildman–Crippen LogP) is 1.90. The standard InChI is InChI=1S/C11H16F3NO3/c1-6(9(17)18)8(16)15-5-4-7(10(15,2)3)11(12,13)14/h6-7H,4-5H2,1-3H3,(H,17,18). The van der Waals surface area contributed by atoms with Crippen molar-refractivity contribution in [3.63, 3.8) is 0 Å². The summed E-state index contributed by atoms with van der Waals surface area (Å²) in [5.41, 5.74) is -1.40. The second-order valence-corrected chi connectivity index (χ2v) is 5.09. The Morgan fingerprint density at radius 3 is 2.22 bits per heavy atom. The molecular weight excluding hydrogens is 251 g/mol. The van der Waals surface area contributed by atoms with Gasteiger partial charge in [0.1, 0.15) is 5.92 Å². The average Bonchev–Trinajstić information content (AvgIpc) is 2.50. The van der Waals surface area contributed by atoms with Crippen LogP contribution in [0.15, 0.2) is 0 Å². The number of halogens is 3. The van der Waals surface area contributed by atoms with Crippen molar-refractivity contribution >= 4 is 11.9 Å². The number of carboxylic acids is 1. The van der Waals surface area contributed by atoms with Crippen LogP contribution in [0.25, 0.3) is 0 Å². The van der Waals surface area contributed by atoms with Crippen LogP contribution in [0.5, 0.6) is 0 Å². The Labute approximate surface area is 103 Å². The van der Waals surface area contributed by atoms with E-state index in [2.05, 4.69) is 0 Å². The van der Waals surface area contributed by atoms with Gasteiger partial charge in [-0.15, -0.1) is 0 Å². The van der Waals surface area contributed by atoms with Crippen LogP contribution < -0.4 is 0 Å². The second-order valence-electron chi connectivity index (χ2n) is 5.09. The lowest BCUT2D eigenvalue weighted by molar-refractivity contribution is -0.192. The number of amides is 1. The molecule has 0 aromatic heterocycles. The molecule has 1 rings (SSSR count). The van der Waals surface area contributed by atoms with Crippen LogP contribution in [-0.4, -0.2) is 40.1 Å². The van der Waals surface area contributed by atoms with Crippen molar-refractivity contribution in [2.75, 3.05) is 6.54 Å². The molecule has 1 aliphatic heterocycles. The Morgan fingerprint density at radius 1 is 1.39 bits per heavy atom. The van der Waals surface area contributed by atoms with Gasteiger partial charge in [-0.25, -0.2) is 0 Å². The van der Waals surface area contributed by atoms with E-state index in [1.165, 1.54) is 20.8 Å². The van der Waals surface area contributed by atoms with Gasteiger partial charge in [0.25, 0.3) is 0 Å². The molecule has 1 fully saturated rings. The van der Waals surface area contributed by atoms with Gasteiger partial charge in [0, 0.05) is 12.1 Å². The Morgan fingerprint density at radius 2 is 1.89 bits per heavy atom. The van der Waals surface area contributed by atoms with Crippen molar-refractivity contribution in [2.45, 2.75) is 38.9 Å². The van der Waals surface area contributed by atoms with Crippen molar-refractivity contribution < 1.29 is 27.9 Å². The highest BCUT2D eigenvalue weighted by Gasteiger charge is 2.56. The van der Waals surface area contributed by atoms with Gasteiger partial charge in [-0.1, -0.05) is 0 Å². The number of nitrogens with zero attached hydrogens (tertiary/aromatic N) is 1. The maximum absolute atomic E-state index is 12.8. The largest absolute Gasteiger partial charge is 0.481 e. The minimum absolute atomic E-state index is 0.0619. The average molecular weight is 267 g/mol. The van der Waals surface area contributed by atoms with E-state index in [0.717, 1.165) is 4.90 Å². The summed E-state index contributed by atoms with van der Waals surface area (Å²) in [4.78, 5) is 23.6. The highest BCUT2D eigenvalue weighted by atomic mass is 19.4. The molecule has 0 bridgehead atoms. The molecule has 1 saturated heterocycles. The molecule has 1 heterocycles. The topological polar surface area (TPSA) is 57.6 Å². The fourth-order valence-electron chi connectivity index (χ4n) is 2.39. The maximum Gasteiger partial charge on any atom is 0.394 e. The molecule has 0 aromatic rings. The molecule has 0 aliphatic carbocycles. The number of carbonyl (C=O) groups excluding carboxylic acids is 1. The Bertz CT molecular complexity index is 365. The van der Waals surface area contributed by atoms with Gasteiger partial charge in [0.2, 0.25) is 5.91 Å². The van der Waals surface area contributed by atoms with E-state index in [-0.39, 0.29) is 13.0 Å². The van der Waals surface area contributed by atoms with Crippen LogP contribution >= 0.6 is 0 Å². The summed E-state index contributed by atoms with van der Waals surface area (Å²) in [6.45, 7) is 3.77. The Kier molecular flexibility index (Phi) is 3.65. The zero-order valence-electron chi connectivity index (χ0n) is 10.4. The molecule has 0 saturated carbocycles. The Balaban J connectivity index is 2.95. The summed E-state index contributed by atoms with van der Waals surface area (Å²) in [6, 6.07) is 0. The zero-order chi connectivity index (χ0) is 14.3. The molecule has 1 N–H and O–H groups in total. The molecule has 18 heavy (non-hydrogen) atoms. The first-order valence-electron chi connectivity index (χ1n) is 5.60. The number of aliphatic carboxylic acids is 1. The molecule has 0 aromatic carbocycles. The summed E-state index contributed by atoms with van der Waals surface area (Å²) in [6.07, 6.45) is -4.57. The van der Waals surface area contributed by atoms with Gasteiger partial charge >= 0.3 is 12.1 Å². The van der Waals surface area contributed by atoms with Crippen molar-refractivity contribution in [3.05, 3.63) is 0 Å². The monoisotopic (exact) mass is 267 g/mol. The molecule has 0 spiro atoms. The van der Waals surface area contributed by atoms with E-state index >= 15 is 0 Å². The highest BCUT2D eigenvalue weighted by Crippen LogP contribution is 2.45. The first-order valence-corrected chi connectivity index (χ1v) is 5.60. The van der Waals surface area contributed by atoms with E-state index in [1.807, 2.05) is 0 Å². The van der Waals surface area contributed by atoms with Crippen LogP contribution in [0.1, 0.15) is 27.2 Å². The summed E-state index contributed by atoms with van der Waals surface area (Å²) < 4.78 is 38.4. The third-order valence-electron chi connectivity index (χ3n) is 3.59. The lowest BCUT2D eigenvalue weighted by Gasteiger charge is -2.37. The first-order chi connectivity index (χ1) is 7.99. The van der Waals surface area contributed by atoms with E-state index < -0.39 is 35.4 Å². The smallest absolute Gasteiger partial charge is 0.394 e. The molecular formula is C11H16F3NO3. The number of rotatable bonds is 2. The number of carboxylic acid groups (broad SMARTS) is 1. The summed E-state index contributed by atoms with van der Waals surface area (Å²) >= 11 is 0. The molecule has 2 atom stereocenters. The summed E-state index contributed by atoms with van der Waals surface area (Å²) in [7, 11) is 0. The van der Waals surface area contributed by atoms with E-state index in [9.17, 15) is 22.8 Å². The summed E-state index contributed by atoms with van der Waals surface area (Å²) in [5, 5.41) is 8.74. The van der Waals surface area contributed by atoms with Gasteiger partial charge in [-0.05, 0) is 27.2 Å². The van der Waals surface area contributed by atoms with Crippen molar-refractivity contribution in [2.24, 2.45) is 11.8 Å². The fourth-order valence-corrected chi connectivity index (χ4v) is 2.39. The third-order valence-corrected chi connectivity index (χ3v) is 3.59. The molecule has 104 valence electrons. The Hall–Kier alpha value is -1.27. The zero-order valence-corrected chi connectivity index (χ0v) is 10.4. The van der Waals surface area contributed by atoms with E-state index in [1.54, 1.807) is 0 Å². The first kappa shape index (κ1) is 14.8. The fraction of sp³-hybridized carbons (Fsp3) is 0.818. The van der Waals surface area contributed by atoms with Crippen LogP contribution in [-0.2, 0) is 9.59 Å². The molecule has 4 nitrogen and oxygen atoms in total. The van der Waals surface area contributed by atoms with E-state index in [4.69, 9.17) is 5.11 Å². The lowest BCUT2D eigenvalue weighted by Crippen LogP contribution is -2.52. The van der Waals surface area contributed by atoms with Gasteiger partial charge in [-0.2, -0.15) is 13.2 Å². The number of hydrogen-bond donors (Lipinski definition) is 1. The number of hydrogen-bond acceptors (Lipinski definition) is 2.